The van der Waals surface area contributed by atoms with Crippen molar-refractivity contribution in [3.8, 4) is 11.5 Å². The van der Waals surface area contributed by atoms with Gasteiger partial charge in [-0.05, 0) is 6.92 Å². The average Bonchev–Trinajstić information content (AvgIpc) is 2.71. The van der Waals surface area contributed by atoms with Gasteiger partial charge in [0.15, 0.2) is 5.82 Å². The minimum Gasteiger partial charge on any atom is -0.345 e. The highest BCUT2D eigenvalue weighted by molar-refractivity contribution is 5.53. The van der Waals surface area contributed by atoms with E-state index in [0.717, 1.165) is 17.7 Å². The number of aromatic nitrogens is 4. The lowest BCUT2D eigenvalue weighted by Crippen LogP contribution is -2.13. The first-order valence-corrected chi connectivity index (χ1v) is 5.70. The topological polar surface area (TPSA) is 118 Å². The summed E-state index contributed by atoms with van der Waals surface area (Å²) < 4.78 is 0. The molecule has 0 aliphatic rings. The van der Waals surface area contributed by atoms with Crippen LogP contribution in [0.15, 0.2) is 11.0 Å². The molecular formula is C11H13N5O3. The van der Waals surface area contributed by atoms with Crippen LogP contribution in [0.2, 0.25) is 0 Å². The Morgan fingerprint density at radius 3 is 2.53 bits per heavy atom. The number of aromatic amines is 2. The van der Waals surface area contributed by atoms with Gasteiger partial charge in [-0.25, -0.2) is 9.97 Å². The number of hydrogen-bond acceptors (Lipinski definition) is 5. The van der Waals surface area contributed by atoms with Crippen LogP contribution >= 0.6 is 0 Å². The Hall–Kier alpha value is -2.51. The second-order valence-corrected chi connectivity index (χ2v) is 4.45. The molecule has 0 atom stereocenters. The maximum absolute atomic E-state index is 11.5. The molecular weight excluding hydrogens is 250 g/mol. The Balaban J connectivity index is 2.51. The molecule has 0 aliphatic carbocycles. The fourth-order valence-corrected chi connectivity index (χ4v) is 1.63. The molecule has 2 aromatic heterocycles. The van der Waals surface area contributed by atoms with Gasteiger partial charge >= 0.3 is 11.2 Å². The molecule has 8 heteroatoms. The summed E-state index contributed by atoms with van der Waals surface area (Å²) >= 11 is 0. The number of nitro groups is 1. The molecule has 2 rings (SSSR count). The van der Waals surface area contributed by atoms with E-state index in [1.165, 1.54) is 0 Å². The summed E-state index contributed by atoms with van der Waals surface area (Å²) in [5.41, 5.74) is -0.124. The van der Waals surface area contributed by atoms with Gasteiger partial charge in [0.1, 0.15) is 17.7 Å². The molecule has 0 bridgehead atoms. The number of imidazole rings is 1. The van der Waals surface area contributed by atoms with Gasteiger partial charge in [-0.1, -0.05) is 13.8 Å². The lowest BCUT2D eigenvalue weighted by molar-refractivity contribution is -0.386. The summed E-state index contributed by atoms with van der Waals surface area (Å²) in [5.74, 6) is 1.20. The molecule has 0 saturated heterocycles. The monoisotopic (exact) mass is 263 g/mol. The third-order valence-corrected chi connectivity index (χ3v) is 2.65. The molecule has 0 amide bonds. The normalized spacial score (nSPS) is 10.9. The molecule has 0 aromatic carbocycles. The predicted molar refractivity (Wildman–Crippen MR) is 67.9 cm³/mol. The first-order chi connectivity index (χ1) is 8.90. The number of nitrogens with zero attached hydrogens (tertiary/aromatic N) is 3. The summed E-state index contributed by atoms with van der Waals surface area (Å²) in [4.78, 5) is 35.0. The maximum Gasteiger partial charge on any atom is 0.351 e. The van der Waals surface area contributed by atoms with E-state index in [-0.39, 0.29) is 11.7 Å². The summed E-state index contributed by atoms with van der Waals surface area (Å²) in [5, 5.41) is 10.6. The van der Waals surface area contributed by atoms with Crippen molar-refractivity contribution in [2.24, 2.45) is 0 Å². The Kier molecular flexibility index (Phi) is 3.16. The van der Waals surface area contributed by atoms with Gasteiger partial charge < -0.3 is 4.98 Å². The minimum absolute atomic E-state index is 0.206. The van der Waals surface area contributed by atoms with E-state index in [1.54, 1.807) is 6.92 Å². The largest absolute Gasteiger partial charge is 0.351 e. The summed E-state index contributed by atoms with van der Waals surface area (Å²) in [6.45, 7) is 5.76. The number of nitrogens with one attached hydrogen (secondary N) is 2. The molecule has 0 saturated carbocycles. The quantitative estimate of drug-likeness (QED) is 0.642. The van der Waals surface area contributed by atoms with E-state index in [2.05, 4.69) is 19.9 Å². The number of rotatable bonds is 3. The Bertz CT molecular complexity index is 686. The number of hydrogen-bond donors (Lipinski definition) is 2. The van der Waals surface area contributed by atoms with Crippen LogP contribution in [-0.4, -0.2) is 24.9 Å². The van der Waals surface area contributed by atoms with Gasteiger partial charge in [0.2, 0.25) is 0 Å². The molecule has 2 heterocycles. The molecule has 0 spiro atoms. The van der Waals surface area contributed by atoms with Crippen molar-refractivity contribution in [1.82, 2.24) is 19.9 Å². The van der Waals surface area contributed by atoms with Crippen molar-refractivity contribution in [3.05, 3.63) is 38.2 Å². The average molecular weight is 263 g/mol. The Labute approximate surface area is 108 Å². The van der Waals surface area contributed by atoms with Gasteiger partial charge in [-0.2, -0.15) is 0 Å². The van der Waals surface area contributed by atoms with Crippen LogP contribution in [0.5, 0.6) is 0 Å². The fraction of sp³-hybridized carbons (Fsp3) is 0.364. The van der Waals surface area contributed by atoms with E-state index in [0.29, 0.717) is 5.69 Å². The van der Waals surface area contributed by atoms with E-state index >= 15 is 0 Å². The van der Waals surface area contributed by atoms with Crippen molar-refractivity contribution < 1.29 is 4.92 Å². The highest BCUT2D eigenvalue weighted by Gasteiger charge is 2.17. The summed E-state index contributed by atoms with van der Waals surface area (Å²) in [7, 11) is 0. The van der Waals surface area contributed by atoms with Gasteiger partial charge in [0.05, 0.1) is 4.92 Å². The minimum atomic E-state index is -0.788. The first-order valence-electron chi connectivity index (χ1n) is 5.70. The summed E-state index contributed by atoms with van der Waals surface area (Å²) in [6, 6.07) is 0. The van der Waals surface area contributed by atoms with Crippen molar-refractivity contribution in [3.63, 3.8) is 0 Å². The zero-order chi connectivity index (χ0) is 14.2. The molecule has 2 aromatic rings. The molecule has 100 valence electrons. The standard InChI is InChI=1S/C11H13N5O3/c1-5(2)9-13-6(3)8(14-9)10-12-4-7(16(18)19)11(17)15-10/h4-5H,1-3H3,(H,13,14)(H,12,15,17). The van der Waals surface area contributed by atoms with Crippen LogP contribution in [0.25, 0.3) is 11.5 Å². The molecule has 19 heavy (non-hydrogen) atoms. The van der Waals surface area contributed by atoms with Gasteiger partial charge in [-0.15, -0.1) is 0 Å². The zero-order valence-corrected chi connectivity index (χ0v) is 10.7. The summed E-state index contributed by atoms with van der Waals surface area (Å²) in [6.07, 6.45) is 0.942. The second kappa shape index (κ2) is 4.63. The highest BCUT2D eigenvalue weighted by Crippen LogP contribution is 2.20. The zero-order valence-electron chi connectivity index (χ0n) is 10.7. The van der Waals surface area contributed by atoms with Crippen molar-refractivity contribution in [2.45, 2.75) is 26.7 Å². The van der Waals surface area contributed by atoms with Crippen LogP contribution in [0, 0.1) is 17.0 Å². The van der Waals surface area contributed by atoms with Crippen molar-refractivity contribution >= 4 is 5.69 Å². The first kappa shape index (κ1) is 12.9. The third kappa shape index (κ3) is 2.37. The van der Waals surface area contributed by atoms with Crippen LogP contribution < -0.4 is 5.56 Å². The highest BCUT2D eigenvalue weighted by atomic mass is 16.6. The van der Waals surface area contributed by atoms with E-state index in [9.17, 15) is 14.9 Å². The van der Waals surface area contributed by atoms with Crippen LogP contribution in [0.3, 0.4) is 0 Å². The molecule has 0 radical (unpaired) electrons. The molecule has 0 aliphatic heterocycles. The SMILES string of the molecule is Cc1[nH]c(C(C)C)nc1-c1ncc([N+](=O)[O-])c(=O)[nH]1. The molecule has 0 fully saturated rings. The smallest absolute Gasteiger partial charge is 0.345 e. The van der Waals surface area contributed by atoms with E-state index in [1.807, 2.05) is 13.8 Å². The lowest BCUT2D eigenvalue weighted by atomic mass is 10.2. The number of aryl methyl sites for hydroxylation is 1. The number of H-pyrrole nitrogens is 2. The Morgan fingerprint density at radius 1 is 1.37 bits per heavy atom. The Morgan fingerprint density at radius 2 is 2.05 bits per heavy atom. The second-order valence-electron chi connectivity index (χ2n) is 4.45. The van der Waals surface area contributed by atoms with Crippen LogP contribution in [0.4, 0.5) is 5.69 Å². The van der Waals surface area contributed by atoms with Gasteiger partial charge in [0.25, 0.3) is 0 Å². The maximum atomic E-state index is 11.5. The predicted octanol–water partition coefficient (Wildman–Crippen LogP) is 1.50. The fourth-order valence-electron chi connectivity index (χ4n) is 1.63. The van der Waals surface area contributed by atoms with Crippen molar-refractivity contribution in [1.29, 1.82) is 0 Å². The van der Waals surface area contributed by atoms with Gasteiger partial charge in [-0.3, -0.25) is 19.9 Å². The lowest BCUT2D eigenvalue weighted by Gasteiger charge is -1.98. The van der Waals surface area contributed by atoms with Crippen LogP contribution in [0.1, 0.15) is 31.3 Å². The van der Waals surface area contributed by atoms with E-state index in [4.69, 9.17) is 0 Å². The third-order valence-electron chi connectivity index (χ3n) is 2.65. The van der Waals surface area contributed by atoms with Crippen molar-refractivity contribution in [2.75, 3.05) is 0 Å². The molecule has 2 N–H and O–H groups in total. The van der Waals surface area contributed by atoms with E-state index < -0.39 is 16.2 Å². The van der Waals surface area contributed by atoms with Gasteiger partial charge in [0, 0.05) is 11.6 Å². The molecule has 8 nitrogen and oxygen atoms in total. The van der Waals surface area contributed by atoms with Crippen LogP contribution in [-0.2, 0) is 0 Å². The molecule has 0 unspecified atom stereocenters.